The van der Waals surface area contributed by atoms with Gasteiger partial charge in [-0.2, -0.15) is 0 Å². The van der Waals surface area contributed by atoms with Gasteiger partial charge in [0.1, 0.15) is 5.65 Å². The average Bonchev–Trinajstić information content (AvgIpc) is 2.38. The summed E-state index contributed by atoms with van der Waals surface area (Å²) in [5.41, 5.74) is 9.86. The van der Waals surface area contributed by atoms with Crippen LogP contribution in [0, 0.1) is 13.8 Å². The molecule has 1 unspecified atom stereocenters. The molecule has 0 radical (unpaired) electrons. The number of anilines is 1. The Bertz CT molecular complexity index is 473. The van der Waals surface area contributed by atoms with Gasteiger partial charge in [0.25, 0.3) is 0 Å². The van der Waals surface area contributed by atoms with Crippen LogP contribution < -0.4 is 5.73 Å². The van der Waals surface area contributed by atoms with E-state index in [1.807, 2.05) is 18.2 Å². The van der Waals surface area contributed by atoms with Gasteiger partial charge < -0.3 is 10.1 Å². The molecule has 68 valence electrons. The predicted octanol–water partition coefficient (Wildman–Crippen LogP) is 1.87. The van der Waals surface area contributed by atoms with Gasteiger partial charge in [0, 0.05) is 23.0 Å². The van der Waals surface area contributed by atoms with Gasteiger partial charge in [0.15, 0.2) is 0 Å². The van der Waals surface area contributed by atoms with Crippen molar-refractivity contribution in [2.75, 3.05) is 5.73 Å². The van der Waals surface area contributed by atoms with Gasteiger partial charge in [0.05, 0.1) is 0 Å². The molecule has 2 N–H and O–H groups in total. The van der Waals surface area contributed by atoms with E-state index in [4.69, 9.17) is 5.73 Å². The van der Waals surface area contributed by atoms with Crippen molar-refractivity contribution >= 4 is 26.1 Å². The highest BCUT2D eigenvalue weighted by atomic mass is 31.0. The first-order chi connectivity index (χ1) is 6.11. The van der Waals surface area contributed by atoms with Crippen molar-refractivity contribution in [2.24, 2.45) is 0 Å². The topological polar surface area (TPSA) is 43.8 Å². The molecule has 0 bridgehead atoms. The molecule has 0 aliphatic rings. The zero-order chi connectivity index (χ0) is 9.59. The summed E-state index contributed by atoms with van der Waals surface area (Å²) in [5, 5.41) is 1.03. The Labute approximate surface area is 79.2 Å². The Morgan fingerprint density at radius 2 is 2.15 bits per heavy atom. The number of rotatable bonds is 0. The maximum atomic E-state index is 5.94. The second-order valence-corrected chi connectivity index (χ2v) is 3.76. The molecule has 0 saturated carbocycles. The molecule has 0 aliphatic carbocycles. The van der Waals surface area contributed by atoms with Crippen molar-refractivity contribution in [3.8, 4) is 0 Å². The minimum atomic E-state index is 0.828. The van der Waals surface area contributed by atoms with Crippen molar-refractivity contribution < 1.29 is 0 Å². The van der Waals surface area contributed by atoms with Crippen LogP contribution in [0.3, 0.4) is 0 Å². The first-order valence-corrected chi connectivity index (χ1v) is 4.61. The quantitative estimate of drug-likeness (QED) is 0.649. The maximum Gasteiger partial charge on any atom is 0.145 e. The SMILES string of the molecule is Cc1cnc2c(cc(C)n2P)c1N. The molecule has 1 atom stereocenters. The summed E-state index contributed by atoms with van der Waals surface area (Å²) >= 11 is 0. The summed E-state index contributed by atoms with van der Waals surface area (Å²) in [4.78, 5) is 4.32. The molecule has 0 aliphatic heterocycles. The Hall–Kier alpha value is -1.08. The lowest BCUT2D eigenvalue weighted by Gasteiger charge is -2.01. The molecule has 2 aromatic rings. The molecule has 0 amide bonds. The number of nitrogens with zero attached hydrogens (tertiary/aromatic N) is 2. The third kappa shape index (κ3) is 1.11. The van der Waals surface area contributed by atoms with E-state index in [9.17, 15) is 0 Å². The Morgan fingerprint density at radius 3 is 2.85 bits per heavy atom. The first-order valence-electron chi connectivity index (χ1n) is 4.09. The van der Waals surface area contributed by atoms with Crippen LogP contribution in [0.15, 0.2) is 12.3 Å². The van der Waals surface area contributed by atoms with Crippen LogP contribution in [0.1, 0.15) is 11.3 Å². The summed E-state index contributed by atoms with van der Waals surface area (Å²) in [6, 6.07) is 2.05. The fourth-order valence-corrected chi connectivity index (χ4v) is 1.69. The largest absolute Gasteiger partial charge is 0.398 e. The number of fused-ring (bicyclic) bond motifs is 1. The molecule has 13 heavy (non-hydrogen) atoms. The molecular formula is C9H12N3P. The standard InChI is InChI=1S/C9H12N3P/c1-5-4-11-9-7(8(5)10)3-6(2)12(9)13/h3-4H,13H2,1-2H3,(H2,10,11). The van der Waals surface area contributed by atoms with E-state index in [0.717, 1.165) is 28.0 Å². The molecule has 2 aromatic heterocycles. The summed E-state index contributed by atoms with van der Waals surface area (Å²) in [6.07, 6.45) is 1.80. The number of aromatic nitrogens is 2. The summed E-state index contributed by atoms with van der Waals surface area (Å²) in [6.45, 7) is 4.00. The van der Waals surface area contributed by atoms with E-state index in [-0.39, 0.29) is 0 Å². The lowest BCUT2D eigenvalue weighted by molar-refractivity contribution is 1.17. The Kier molecular flexibility index (Phi) is 1.77. The van der Waals surface area contributed by atoms with Gasteiger partial charge in [-0.3, -0.25) is 0 Å². The van der Waals surface area contributed by atoms with Gasteiger partial charge in [-0.1, -0.05) is 0 Å². The van der Waals surface area contributed by atoms with Crippen LogP contribution in [-0.4, -0.2) is 9.32 Å². The van der Waals surface area contributed by atoms with E-state index in [2.05, 4.69) is 20.4 Å². The number of nitrogens with two attached hydrogens (primary N) is 1. The molecule has 2 heterocycles. The second-order valence-electron chi connectivity index (χ2n) is 3.25. The lowest BCUT2D eigenvalue weighted by Crippen LogP contribution is -1.92. The van der Waals surface area contributed by atoms with Gasteiger partial charge in [-0.25, -0.2) is 4.98 Å². The van der Waals surface area contributed by atoms with Gasteiger partial charge in [-0.15, -0.1) is 0 Å². The molecule has 0 saturated heterocycles. The van der Waals surface area contributed by atoms with Crippen molar-refractivity contribution in [3.63, 3.8) is 0 Å². The highest BCUT2D eigenvalue weighted by Gasteiger charge is 2.07. The van der Waals surface area contributed by atoms with Crippen LogP contribution in [-0.2, 0) is 0 Å². The molecule has 4 heteroatoms. The average molecular weight is 193 g/mol. The van der Waals surface area contributed by atoms with Crippen LogP contribution in [0.4, 0.5) is 5.69 Å². The summed E-state index contributed by atoms with van der Waals surface area (Å²) < 4.78 is 1.96. The van der Waals surface area contributed by atoms with Gasteiger partial charge in [-0.05, 0) is 34.9 Å². The Morgan fingerprint density at radius 1 is 1.46 bits per heavy atom. The minimum Gasteiger partial charge on any atom is -0.398 e. The van der Waals surface area contributed by atoms with E-state index in [1.165, 1.54) is 0 Å². The first kappa shape index (κ1) is 8.52. The monoisotopic (exact) mass is 193 g/mol. The zero-order valence-corrected chi connectivity index (χ0v) is 8.86. The summed E-state index contributed by atoms with van der Waals surface area (Å²) in [7, 11) is 2.63. The lowest BCUT2D eigenvalue weighted by atomic mass is 10.2. The number of hydrogen-bond donors (Lipinski definition) is 1. The number of pyridine rings is 1. The van der Waals surface area contributed by atoms with Crippen LogP contribution in [0.2, 0.25) is 0 Å². The molecule has 0 spiro atoms. The molecular weight excluding hydrogens is 181 g/mol. The minimum absolute atomic E-state index is 0.828. The van der Waals surface area contributed by atoms with Crippen molar-refractivity contribution in [2.45, 2.75) is 13.8 Å². The normalized spacial score (nSPS) is 11.0. The van der Waals surface area contributed by atoms with Crippen LogP contribution >= 0.6 is 9.39 Å². The third-order valence-electron chi connectivity index (χ3n) is 2.30. The fraction of sp³-hybridized carbons (Fsp3) is 0.222. The van der Waals surface area contributed by atoms with Crippen molar-refractivity contribution in [1.82, 2.24) is 9.32 Å². The molecule has 2 rings (SSSR count). The third-order valence-corrected chi connectivity index (χ3v) is 2.95. The smallest absolute Gasteiger partial charge is 0.145 e. The highest BCUT2D eigenvalue weighted by molar-refractivity contribution is 7.15. The number of aryl methyl sites for hydroxylation is 2. The summed E-state index contributed by atoms with van der Waals surface area (Å²) in [5.74, 6) is 0. The number of hydrogen-bond acceptors (Lipinski definition) is 2. The Balaban J connectivity index is 2.94. The van der Waals surface area contributed by atoms with E-state index in [1.54, 1.807) is 6.20 Å². The highest BCUT2D eigenvalue weighted by Crippen LogP contribution is 2.26. The second kappa shape index (κ2) is 2.71. The van der Waals surface area contributed by atoms with E-state index >= 15 is 0 Å². The van der Waals surface area contributed by atoms with E-state index < -0.39 is 0 Å². The maximum absolute atomic E-state index is 5.94. The zero-order valence-electron chi connectivity index (χ0n) is 7.70. The predicted molar refractivity (Wildman–Crippen MR) is 58.7 cm³/mol. The fourth-order valence-electron chi connectivity index (χ4n) is 1.41. The molecule has 3 nitrogen and oxygen atoms in total. The van der Waals surface area contributed by atoms with Gasteiger partial charge in [0.2, 0.25) is 0 Å². The van der Waals surface area contributed by atoms with Crippen LogP contribution in [0.25, 0.3) is 11.0 Å². The molecule has 0 fully saturated rings. The van der Waals surface area contributed by atoms with E-state index in [0.29, 0.717) is 0 Å². The van der Waals surface area contributed by atoms with Crippen LogP contribution in [0.5, 0.6) is 0 Å². The van der Waals surface area contributed by atoms with Crippen molar-refractivity contribution in [3.05, 3.63) is 23.5 Å². The number of nitrogen functional groups attached to an aromatic ring is 1. The van der Waals surface area contributed by atoms with Crippen molar-refractivity contribution in [1.29, 1.82) is 0 Å². The van der Waals surface area contributed by atoms with Gasteiger partial charge >= 0.3 is 0 Å². The molecule has 0 aromatic carbocycles.